The van der Waals surface area contributed by atoms with Crippen LogP contribution in [0.5, 0.6) is 5.75 Å². The van der Waals surface area contributed by atoms with Crippen LogP contribution in [-0.4, -0.2) is 20.9 Å². The predicted molar refractivity (Wildman–Crippen MR) is 85.5 cm³/mol. The number of benzene rings is 2. The maximum atomic E-state index is 13.4. The van der Waals surface area contributed by atoms with Gasteiger partial charge in [-0.25, -0.2) is 0 Å². The highest BCUT2D eigenvalue weighted by molar-refractivity contribution is 6.98. The Kier molecular flexibility index (Phi) is 3.64. The molecule has 22 heavy (non-hydrogen) atoms. The number of para-hydroxylation sites is 1. The van der Waals surface area contributed by atoms with Crippen LogP contribution >= 0.6 is 0 Å². The molecule has 1 aliphatic heterocycles. The molecule has 2 aromatic rings. The second-order valence-corrected chi connectivity index (χ2v) is 5.16. The minimum atomic E-state index is -5.09. The molecule has 1 heterocycles. The molecule has 0 saturated carbocycles. The highest BCUT2D eigenvalue weighted by Gasteiger charge is 2.39. The largest absolute Gasteiger partial charge is 0.499 e. The molecule has 1 aliphatic rings. The summed E-state index contributed by atoms with van der Waals surface area (Å²) < 4.78 is 45.4. The monoisotopic (exact) mass is 302 g/mol. The fraction of sp³-hybridized carbons (Fsp3) is 0.0667. The first-order valence-electron chi connectivity index (χ1n) is 6.90. The second kappa shape index (κ2) is 5.48. The molecule has 0 amide bonds. The van der Waals surface area contributed by atoms with Gasteiger partial charge in [0.1, 0.15) is 5.75 Å². The van der Waals surface area contributed by atoms with Crippen LogP contribution in [0, 0.1) is 0 Å². The zero-order chi connectivity index (χ0) is 15.7. The number of hydrogen-bond donors (Lipinski definition) is 1. The summed E-state index contributed by atoms with van der Waals surface area (Å²) in [5, 5.41) is 2.46. The van der Waals surface area contributed by atoms with E-state index in [1.165, 1.54) is 13.2 Å². The molecule has 3 rings (SSSR count). The SMILES string of the molecule is COc1ccc(B2Nc3ccccc3C=C2[B-](F)(F)F)cc1. The van der Waals surface area contributed by atoms with Gasteiger partial charge in [0.15, 0.2) is 0 Å². The van der Waals surface area contributed by atoms with Crippen LogP contribution in [0.15, 0.2) is 53.9 Å². The number of rotatable bonds is 3. The Labute approximate surface area is 127 Å². The summed E-state index contributed by atoms with van der Waals surface area (Å²) >= 11 is 0. The smallest absolute Gasteiger partial charge is 0.497 e. The summed E-state index contributed by atoms with van der Waals surface area (Å²) in [6, 6.07) is 13.6. The van der Waals surface area contributed by atoms with Crippen molar-refractivity contribution in [2.45, 2.75) is 0 Å². The van der Waals surface area contributed by atoms with Gasteiger partial charge in [0.2, 0.25) is 0 Å². The first-order valence-corrected chi connectivity index (χ1v) is 6.90. The van der Waals surface area contributed by atoms with E-state index in [0.717, 1.165) is 0 Å². The van der Waals surface area contributed by atoms with E-state index in [1.54, 1.807) is 48.5 Å². The summed E-state index contributed by atoms with van der Waals surface area (Å²) in [7, 11) is 1.52. The zero-order valence-electron chi connectivity index (χ0n) is 11.9. The van der Waals surface area contributed by atoms with Crippen molar-refractivity contribution in [3.63, 3.8) is 0 Å². The Morgan fingerprint density at radius 2 is 1.68 bits per heavy atom. The molecule has 0 bridgehead atoms. The minimum absolute atomic E-state index is 0.538. The van der Waals surface area contributed by atoms with Crippen molar-refractivity contribution in [1.29, 1.82) is 0 Å². The van der Waals surface area contributed by atoms with Crippen molar-refractivity contribution in [2.24, 2.45) is 0 Å². The predicted octanol–water partition coefficient (Wildman–Crippen LogP) is 3.33. The van der Waals surface area contributed by atoms with Crippen LogP contribution in [0.3, 0.4) is 0 Å². The Hall–Kier alpha value is -2.30. The molecular weight excluding hydrogens is 289 g/mol. The molecule has 0 unspecified atom stereocenters. The molecule has 0 fully saturated rings. The molecule has 0 radical (unpaired) electrons. The summed E-state index contributed by atoms with van der Waals surface area (Å²) in [6.45, 7) is -5.99. The van der Waals surface area contributed by atoms with E-state index in [2.05, 4.69) is 5.23 Å². The first kappa shape index (κ1) is 14.6. The van der Waals surface area contributed by atoms with E-state index in [0.29, 0.717) is 22.5 Å². The van der Waals surface area contributed by atoms with Gasteiger partial charge < -0.3 is 22.9 Å². The lowest BCUT2D eigenvalue weighted by atomic mass is 9.39. The first-order chi connectivity index (χ1) is 10.5. The van der Waals surface area contributed by atoms with E-state index in [-0.39, 0.29) is 0 Å². The lowest BCUT2D eigenvalue weighted by molar-refractivity contribution is 0.415. The number of halogens is 3. The van der Waals surface area contributed by atoms with Gasteiger partial charge in [0, 0.05) is 5.69 Å². The molecule has 2 nitrogen and oxygen atoms in total. The van der Waals surface area contributed by atoms with Crippen molar-refractivity contribution in [3.8, 4) is 5.75 Å². The highest BCUT2D eigenvalue weighted by atomic mass is 19.4. The van der Waals surface area contributed by atoms with Gasteiger partial charge >= 0.3 is 6.98 Å². The molecule has 2 aromatic carbocycles. The van der Waals surface area contributed by atoms with Crippen molar-refractivity contribution in [3.05, 3.63) is 59.5 Å². The van der Waals surface area contributed by atoms with Crippen LogP contribution in [-0.2, 0) is 0 Å². The summed E-state index contributed by atoms with van der Waals surface area (Å²) in [6.07, 6.45) is 1.24. The molecular formula is C15H13B2F3NO-. The standard InChI is InChI=1S/C15H13B2F3NO/c1-22-13-8-6-12(7-9-13)16-15(17(18,19)20)10-11-4-2-3-5-14(11)21-16/h2-10,21H,1H3/q-1. The van der Waals surface area contributed by atoms with Crippen LogP contribution < -0.4 is 15.4 Å². The van der Waals surface area contributed by atoms with Crippen LogP contribution in [0.4, 0.5) is 18.6 Å². The third kappa shape index (κ3) is 2.71. The van der Waals surface area contributed by atoms with E-state index in [9.17, 15) is 12.9 Å². The summed E-state index contributed by atoms with van der Waals surface area (Å²) in [5.74, 6) is 0.614. The van der Waals surface area contributed by atoms with Gasteiger partial charge in [0.05, 0.1) is 7.11 Å². The van der Waals surface area contributed by atoms with Crippen molar-refractivity contribution < 1.29 is 17.7 Å². The Morgan fingerprint density at radius 1 is 1.00 bits per heavy atom. The molecule has 0 aromatic heterocycles. The van der Waals surface area contributed by atoms with Crippen molar-refractivity contribution >= 4 is 31.1 Å². The molecule has 1 N–H and O–H groups in total. The highest BCUT2D eigenvalue weighted by Crippen LogP contribution is 2.32. The molecule has 0 spiro atoms. The fourth-order valence-electron chi connectivity index (χ4n) is 2.61. The van der Waals surface area contributed by atoms with Gasteiger partial charge in [-0.15, -0.1) is 5.37 Å². The van der Waals surface area contributed by atoms with E-state index < -0.39 is 19.2 Å². The zero-order valence-corrected chi connectivity index (χ0v) is 11.9. The average Bonchev–Trinajstić information content (AvgIpc) is 2.53. The minimum Gasteiger partial charge on any atom is -0.497 e. The van der Waals surface area contributed by atoms with E-state index >= 15 is 0 Å². The molecule has 0 atom stereocenters. The quantitative estimate of drug-likeness (QED) is 0.878. The van der Waals surface area contributed by atoms with Gasteiger partial charge in [-0.05, 0) is 23.8 Å². The summed E-state index contributed by atoms with van der Waals surface area (Å²) in [4.78, 5) is 0. The molecule has 0 aliphatic carbocycles. The van der Waals surface area contributed by atoms with Crippen molar-refractivity contribution in [1.82, 2.24) is 0 Å². The van der Waals surface area contributed by atoms with Crippen LogP contribution in [0.25, 0.3) is 6.08 Å². The van der Waals surface area contributed by atoms with E-state index in [4.69, 9.17) is 4.74 Å². The maximum absolute atomic E-state index is 13.4. The third-order valence-corrected chi connectivity index (χ3v) is 3.74. The average molecular weight is 302 g/mol. The summed E-state index contributed by atoms with van der Waals surface area (Å²) in [5.41, 5.74) is 1.81. The third-order valence-electron chi connectivity index (χ3n) is 3.74. The van der Waals surface area contributed by atoms with Crippen LogP contribution in [0.2, 0.25) is 0 Å². The normalized spacial score (nSPS) is 14.0. The van der Waals surface area contributed by atoms with Gasteiger partial charge in [-0.2, -0.15) is 0 Å². The van der Waals surface area contributed by atoms with Crippen molar-refractivity contribution in [2.75, 3.05) is 12.3 Å². The lowest BCUT2D eigenvalue weighted by Gasteiger charge is -2.32. The number of anilines is 1. The Morgan fingerprint density at radius 3 is 2.32 bits per heavy atom. The Bertz CT molecular complexity index is 713. The Balaban J connectivity index is 2.06. The van der Waals surface area contributed by atoms with E-state index in [1.807, 2.05) is 0 Å². The molecule has 0 saturated heterocycles. The molecule has 112 valence electrons. The number of nitrogens with one attached hydrogen (secondary N) is 1. The number of fused-ring (bicyclic) bond motifs is 1. The second-order valence-electron chi connectivity index (χ2n) is 5.16. The van der Waals surface area contributed by atoms with Crippen LogP contribution in [0.1, 0.15) is 5.56 Å². The topological polar surface area (TPSA) is 21.3 Å². The number of ether oxygens (including phenoxy) is 1. The van der Waals surface area contributed by atoms with Gasteiger partial charge in [0.25, 0.3) is 6.85 Å². The lowest BCUT2D eigenvalue weighted by Crippen LogP contribution is -2.48. The van der Waals surface area contributed by atoms with Gasteiger partial charge in [-0.3, -0.25) is 0 Å². The molecule has 7 heteroatoms. The number of hydrogen-bond acceptors (Lipinski definition) is 2. The number of methoxy groups -OCH3 is 1. The fourth-order valence-corrected chi connectivity index (χ4v) is 2.61. The maximum Gasteiger partial charge on any atom is 0.499 e. The van der Waals surface area contributed by atoms with Gasteiger partial charge in [-0.1, -0.05) is 41.9 Å².